The molecule has 0 spiro atoms. The first kappa shape index (κ1) is 17.6. The van der Waals surface area contributed by atoms with E-state index in [2.05, 4.69) is 18.2 Å². The Morgan fingerprint density at radius 1 is 0.957 bits per heavy atom. The fourth-order valence-electron chi connectivity index (χ4n) is 4.02. The second kappa shape index (κ2) is 7.77. The molecule has 2 aliphatic carbocycles. The molecule has 0 aliphatic heterocycles. The van der Waals surface area contributed by atoms with Crippen LogP contribution in [-0.2, 0) is 15.5 Å². The van der Waals surface area contributed by atoms with Crippen molar-refractivity contribution >= 4 is 15.6 Å². The second-order valence-corrected chi connectivity index (χ2v) is 14.4. The van der Waals surface area contributed by atoms with Crippen LogP contribution in [0.1, 0.15) is 51.4 Å². The Morgan fingerprint density at radius 2 is 1.52 bits per heavy atom. The first-order chi connectivity index (χ1) is 11.3. The summed E-state index contributed by atoms with van der Waals surface area (Å²) in [5.74, 6) is 1.89. The molecule has 134 valence electrons. The van der Waals surface area contributed by atoms with Gasteiger partial charge in [0.1, 0.15) is 0 Å². The van der Waals surface area contributed by atoms with Gasteiger partial charge in [0, 0.05) is 0 Å². The van der Waals surface area contributed by atoms with Gasteiger partial charge in [-0.2, -0.15) is 0 Å². The number of hydrogen-bond donors (Lipinski definition) is 0. The summed E-state index contributed by atoms with van der Waals surface area (Å²) in [7, 11) is 3.51. The molecular weight excluding hydrogens is 402 g/mol. The zero-order valence-corrected chi connectivity index (χ0v) is 16.6. The number of rotatable bonds is 6. The summed E-state index contributed by atoms with van der Waals surface area (Å²) < 4.78 is 15.2. The Morgan fingerprint density at radius 3 is 1.96 bits per heavy atom. The molecule has 0 radical (unpaired) electrons. The Kier molecular flexibility index (Phi) is 5.94. The van der Waals surface area contributed by atoms with E-state index in [4.69, 9.17) is 21.1 Å². The van der Waals surface area contributed by atoms with Gasteiger partial charge in [-0.05, 0) is 0 Å². The molecule has 0 unspecified atom stereocenters. The summed E-state index contributed by atoms with van der Waals surface area (Å²) in [5.41, 5.74) is 0. The van der Waals surface area contributed by atoms with Crippen LogP contribution in [0.4, 0.5) is 0 Å². The normalized spacial score (nSPS) is 20.8. The van der Waals surface area contributed by atoms with Gasteiger partial charge < -0.3 is 0 Å². The minimum atomic E-state index is -1.94. The maximum atomic E-state index is 6.80. The average molecular weight is 431 g/mol. The van der Waals surface area contributed by atoms with Crippen LogP contribution in [0.5, 0.6) is 11.5 Å². The molecule has 4 heteroatoms. The predicted molar refractivity (Wildman–Crippen MR) is 94.3 cm³/mol. The summed E-state index contributed by atoms with van der Waals surface area (Å²) in [6, 6.07) is 6.46. The Labute approximate surface area is 148 Å². The van der Waals surface area contributed by atoms with Crippen molar-refractivity contribution in [2.24, 2.45) is 0 Å². The quantitative estimate of drug-likeness (QED) is 0.443. The van der Waals surface area contributed by atoms with E-state index in [9.17, 15) is 0 Å². The molecule has 2 nitrogen and oxygen atoms in total. The van der Waals surface area contributed by atoms with Crippen molar-refractivity contribution in [3.63, 3.8) is 0 Å². The van der Waals surface area contributed by atoms with Crippen LogP contribution >= 0.6 is 11.6 Å². The fourth-order valence-corrected chi connectivity index (χ4v) is 15.6. The van der Waals surface area contributed by atoms with E-state index in [-0.39, 0.29) is 0 Å². The van der Waals surface area contributed by atoms with Crippen LogP contribution in [0.2, 0.25) is 8.78 Å². The topological polar surface area (TPSA) is 18.5 Å². The fraction of sp³-hybridized carbons (Fsp3) is 0.684. The molecule has 0 bridgehead atoms. The van der Waals surface area contributed by atoms with Crippen LogP contribution < -0.4 is 13.5 Å². The maximum absolute atomic E-state index is 6.80. The van der Waals surface area contributed by atoms with Gasteiger partial charge in [-0.25, -0.2) is 0 Å². The summed E-state index contributed by atoms with van der Waals surface area (Å²) in [4.78, 5) is 0. The van der Waals surface area contributed by atoms with Gasteiger partial charge in [-0.1, -0.05) is 0 Å². The monoisotopic (exact) mass is 430 g/mol. The molecule has 0 amide bonds. The molecule has 23 heavy (non-hydrogen) atoms. The van der Waals surface area contributed by atoms with Gasteiger partial charge >= 0.3 is 149 Å². The zero-order chi connectivity index (χ0) is 16.3. The van der Waals surface area contributed by atoms with Crippen LogP contribution in [0, 0.1) is 0 Å². The summed E-state index contributed by atoms with van der Waals surface area (Å²) in [5, 5.41) is 0. The van der Waals surface area contributed by atoms with Gasteiger partial charge in [-0.15, -0.1) is 0 Å². The van der Waals surface area contributed by atoms with E-state index >= 15 is 0 Å². The summed E-state index contributed by atoms with van der Waals surface area (Å²) >= 11 is 4.86. The van der Waals surface area contributed by atoms with E-state index in [0.29, 0.717) is 0 Å². The van der Waals surface area contributed by atoms with E-state index < -0.39 is 15.5 Å². The van der Waals surface area contributed by atoms with Crippen molar-refractivity contribution in [2.45, 2.75) is 60.1 Å². The molecule has 2 saturated carbocycles. The first-order valence-electron chi connectivity index (χ1n) is 8.61. The van der Waals surface area contributed by atoms with Crippen molar-refractivity contribution in [1.82, 2.24) is 0 Å². The SMILES string of the molecule is COc1cc[c]([Pd]([CH2]Cl)([CH]2CCCC2)[CH]2CCCC2)c(OC)c1. The number of methoxy groups -OCH3 is 2. The van der Waals surface area contributed by atoms with Gasteiger partial charge in [0.25, 0.3) is 0 Å². The molecule has 2 fully saturated rings. The summed E-state index contributed by atoms with van der Waals surface area (Å²) in [6.07, 6.45) is 11.0. The van der Waals surface area contributed by atoms with Gasteiger partial charge in [0.2, 0.25) is 0 Å². The third kappa shape index (κ3) is 3.18. The van der Waals surface area contributed by atoms with Crippen molar-refractivity contribution in [1.29, 1.82) is 0 Å². The second-order valence-electron chi connectivity index (χ2n) is 6.37. The van der Waals surface area contributed by atoms with E-state index in [1.807, 2.05) is 0 Å². The first-order valence-corrected chi connectivity index (χ1v) is 12.8. The Hall–Kier alpha value is -0.228. The van der Waals surface area contributed by atoms with Gasteiger partial charge in [-0.3, -0.25) is 0 Å². The Bertz CT molecular complexity index is 506. The Balaban J connectivity index is 2.10. The third-order valence-corrected chi connectivity index (χ3v) is 16.1. The number of alkyl halides is 1. The molecule has 0 N–H and O–H groups in total. The van der Waals surface area contributed by atoms with Crippen molar-refractivity contribution in [2.75, 3.05) is 18.6 Å². The van der Waals surface area contributed by atoms with Crippen LogP contribution in [0.15, 0.2) is 18.2 Å². The van der Waals surface area contributed by atoms with E-state index in [1.165, 1.54) is 55.4 Å². The van der Waals surface area contributed by atoms with Crippen molar-refractivity contribution < 1.29 is 25.0 Å². The number of benzene rings is 1. The average Bonchev–Trinajstić information content (AvgIpc) is 3.30. The molecule has 0 saturated heterocycles. The van der Waals surface area contributed by atoms with Crippen molar-refractivity contribution in [3.05, 3.63) is 18.2 Å². The molecule has 2 aliphatic rings. The zero-order valence-electron chi connectivity index (χ0n) is 14.3. The molecule has 0 atom stereocenters. The van der Waals surface area contributed by atoms with E-state index in [0.717, 1.165) is 24.6 Å². The van der Waals surface area contributed by atoms with Gasteiger partial charge in [0.15, 0.2) is 0 Å². The standard InChI is InChI=1S/C8H9O2.2C5H9.CH2Cl.Pd/c1-9-7-4-3-5-8(6-7)10-2;2*1-2-4-5-3-1;1-2;/h3-4,6H,1-2H3;2*1H,2-5H2;1H2;. The van der Waals surface area contributed by atoms with Crippen LogP contribution in [0.3, 0.4) is 0 Å². The minimum absolute atomic E-state index is 0.836. The predicted octanol–water partition coefficient (Wildman–Crippen LogP) is 5.40. The van der Waals surface area contributed by atoms with E-state index in [1.54, 1.807) is 14.2 Å². The number of halogens is 1. The molecule has 1 aromatic rings. The number of hydrogen-bond acceptors (Lipinski definition) is 2. The molecule has 3 rings (SSSR count). The molecule has 1 aromatic carbocycles. The molecule has 0 aromatic heterocycles. The summed E-state index contributed by atoms with van der Waals surface area (Å²) in [6.45, 7) is 0. The third-order valence-electron chi connectivity index (χ3n) is 5.21. The van der Waals surface area contributed by atoms with Crippen LogP contribution in [0.25, 0.3) is 0 Å². The van der Waals surface area contributed by atoms with Crippen molar-refractivity contribution in [3.8, 4) is 11.5 Å². The molecular formula is C19H29ClO2Pd. The number of ether oxygens (including phenoxy) is 2. The molecule has 0 heterocycles. The van der Waals surface area contributed by atoms with Gasteiger partial charge in [0.05, 0.1) is 0 Å². The van der Waals surface area contributed by atoms with Crippen LogP contribution in [-0.4, -0.2) is 18.6 Å².